The van der Waals surface area contributed by atoms with E-state index in [-0.39, 0.29) is 11.8 Å². The molecule has 0 fully saturated rings. The SMILES string of the molecule is CC(=O)NCc1cc2n(n1)CCN(C(=O)c1cc(-c3ccccn3)n[nH]1)C2. The van der Waals surface area contributed by atoms with E-state index >= 15 is 0 Å². The van der Waals surface area contributed by atoms with Gasteiger partial charge in [-0.2, -0.15) is 10.2 Å². The molecule has 9 nitrogen and oxygen atoms in total. The Balaban J connectivity index is 1.46. The van der Waals surface area contributed by atoms with Gasteiger partial charge in [-0.3, -0.25) is 24.4 Å². The largest absolute Gasteiger partial charge is 0.351 e. The molecule has 0 aliphatic carbocycles. The molecule has 138 valence electrons. The predicted molar refractivity (Wildman–Crippen MR) is 96.3 cm³/mol. The van der Waals surface area contributed by atoms with Crippen molar-refractivity contribution < 1.29 is 9.59 Å². The van der Waals surface area contributed by atoms with Crippen molar-refractivity contribution in [2.45, 2.75) is 26.6 Å². The number of nitrogens with zero attached hydrogens (tertiary/aromatic N) is 5. The van der Waals surface area contributed by atoms with Gasteiger partial charge >= 0.3 is 0 Å². The molecular weight excluding hydrogens is 346 g/mol. The summed E-state index contributed by atoms with van der Waals surface area (Å²) in [6.07, 6.45) is 1.69. The molecule has 3 aromatic rings. The smallest absolute Gasteiger partial charge is 0.272 e. The summed E-state index contributed by atoms with van der Waals surface area (Å²) in [4.78, 5) is 29.9. The Hall–Kier alpha value is -3.49. The van der Waals surface area contributed by atoms with E-state index in [0.717, 1.165) is 11.4 Å². The second-order valence-corrected chi connectivity index (χ2v) is 6.37. The molecule has 0 bridgehead atoms. The fourth-order valence-corrected chi connectivity index (χ4v) is 3.05. The van der Waals surface area contributed by atoms with Crippen LogP contribution in [0.4, 0.5) is 0 Å². The number of fused-ring (bicyclic) bond motifs is 1. The second-order valence-electron chi connectivity index (χ2n) is 6.37. The number of H-pyrrole nitrogens is 1. The van der Waals surface area contributed by atoms with Crippen molar-refractivity contribution in [1.29, 1.82) is 0 Å². The lowest BCUT2D eigenvalue weighted by atomic mass is 10.2. The van der Waals surface area contributed by atoms with Crippen LogP contribution in [0.25, 0.3) is 11.4 Å². The molecule has 0 spiro atoms. The van der Waals surface area contributed by atoms with Crippen LogP contribution in [0, 0.1) is 0 Å². The number of carbonyl (C=O) groups is 2. The zero-order valence-corrected chi connectivity index (χ0v) is 14.8. The first-order chi connectivity index (χ1) is 13.1. The maximum Gasteiger partial charge on any atom is 0.272 e. The van der Waals surface area contributed by atoms with Crippen molar-refractivity contribution in [3.8, 4) is 11.4 Å². The molecule has 0 saturated carbocycles. The molecule has 1 aliphatic heterocycles. The first kappa shape index (κ1) is 17.0. The second kappa shape index (κ2) is 7.02. The number of nitrogens with one attached hydrogen (secondary N) is 2. The normalized spacial score (nSPS) is 13.3. The predicted octanol–water partition coefficient (Wildman–Crippen LogP) is 0.960. The van der Waals surface area contributed by atoms with Gasteiger partial charge in [0.2, 0.25) is 5.91 Å². The molecule has 1 aliphatic rings. The summed E-state index contributed by atoms with van der Waals surface area (Å²) in [6.45, 7) is 3.49. The van der Waals surface area contributed by atoms with Crippen LogP contribution in [-0.2, 0) is 24.4 Å². The zero-order chi connectivity index (χ0) is 18.8. The molecule has 0 atom stereocenters. The van der Waals surface area contributed by atoms with Crippen molar-refractivity contribution in [3.05, 3.63) is 53.6 Å². The maximum absolute atomic E-state index is 12.8. The van der Waals surface area contributed by atoms with E-state index in [1.807, 2.05) is 28.9 Å². The Kier molecular flexibility index (Phi) is 4.41. The minimum atomic E-state index is -0.111. The topological polar surface area (TPSA) is 109 Å². The lowest BCUT2D eigenvalue weighted by molar-refractivity contribution is -0.119. The molecular formula is C18H19N7O2. The molecule has 2 amide bonds. The van der Waals surface area contributed by atoms with E-state index in [1.54, 1.807) is 17.2 Å². The van der Waals surface area contributed by atoms with Crippen molar-refractivity contribution in [2.24, 2.45) is 0 Å². The molecule has 0 saturated heterocycles. The van der Waals surface area contributed by atoms with Crippen LogP contribution in [0.15, 0.2) is 36.5 Å². The fourth-order valence-electron chi connectivity index (χ4n) is 3.05. The number of hydrogen-bond donors (Lipinski definition) is 2. The van der Waals surface area contributed by atoms with Gasteiger partial charge in [-0.1, -0.05) is 6.07 Å². The van der Waals surface area contributed by atoms with Gasteiger partial charge in [0.25, 0.3) is 5.91 Å². The molecule has 9 heteroatoms. The summed E-state index contributed by atoms with van der Waals surface area (Å²) in [5.74, 6) is -0.207. The number of amides is 2. The summed E-state index contributed by atoms with van der Waals surface area (Å²) in [5, 5.41) is 14.2. The minimum Gasteiger partial charge on any atom is -0.351 e. The average Bonchev–Trinajstić information content (AvgIpc) is 3.33. The zero-order valence-electron chi connectivity index (χ0n) is 14.8. The molecule has 3 aromatic heterocycles. The molecule has 0 unspecified atom stereocenters. The Bertz CT molecular complexity index is 977. The fraction of sp³-hybridized carbons (Fsp3) is 0.278. The van der Waals surface area contributed by atoms with Crippen molar-refractivity contribution in [3.63, 3.8) is 0 Å². The Labute approximate surface area is 155 Å². The van der Waals surface area contributed by atoms with Gasteiger partial charge in [-0.25, -0.2) is 0 Å². The summed E-state index contributed by atoms with van der Waals surface area (Å²) in [5.41, 5.74) is 3.51. The van der Waals surface area contributed by atoms with Crippen LogP contribution >= 0.6 is 0 Å². The molecule has 27 heavy (non-hydrogen) atoms. The third kappa shape index (κ3) is 3.57. The summed E-state index contributed by atoms with van der Waals surface area (Å²) < 4.78 is 1.88. The van der Waals surface area contributed by atoms with Crippen molar-refractivity contribution in [1.82, 2.24) is 35.2 Å². The van der Waals surface area contributed by atoms with Crippen LogP contribution in [0.5, 0.6) is 0 Å². The highest BCUT2D eigenvalue weighted by molar-refractivity contribution is 5.93. The highest BCUT2D eigenvalue weighted by Gasteiger charge is 2.24. The molecule has 0 aromatic carbocycles. The lowest BCUT2D eigenvalue weighted by Crippen LogP contribution is -2.38. The average molecular weight is 365 g/mol. The van der Waals surface area contributed by atoms with Crippen LogP contribution < -0.4 is 5.32 Å². The number of hydrogen-bond acceptors (Lipinski definition) is 5. The molecule has 4 rings (SSSR count). The third-order valence-corrected chi connectivity index (χ3v) is 4.39. The van der Waals surface area contributed by atoms with E-state index in [2.05, 4.69) is 25.6 Å². The number of aromatic nitrogens is 5. The van der Waals surface area contributed by atoms with Crippen molar-refractivity contribution in [2.75, 3.05) is 6.54 Å². The Morgan fingerprint density at radius 2 is 2.11 bits per heavy atom. The summed E-state index contributed by atoms with van der Waals surface area (Å²) in [6, 6.07) is 9.20. The monoisotopic (exact) mass is 365 g/mol. The van der Waals surface area contributed by atoms with Crippen LogP contribution in [0.3, 0.4) is 0 Å². The van der Waals surface area contributed by atoms with Gasteiger partial charge < -0.3 is 10.2 Å². The quantitative estimate of drug-likeness (QED) is 0.716. The highest BCUT2D eigenvalue weighted by atomic mass is 16.2. The van der Waals surface area contributed by atoms with Gasteiger partial charge in [-0.15, -0.1) is 0 Å². The van der Waals surface area contributed by atoms with Gasteiger partial charge in [0.1, 0.15) is 11.4 Å². The molecule has 0 radical (unpaired) electrons. The first-order valence-electron chi connectivity index (χ1n) is 8.66. The van der Waals surface area contributed by atoms with Crippen LogP contribution in [0.1, 0.15) is 28.8 Å². The third-order valence-electron chi connectivity index (χ3n) is 4.39. The van der Waals surface area contributed by atoms with E-state index < -0.39 is 0 Å². The standard InChI is InChI=1S/C18H19N7O2/c1-12(26)20-10-13-8-14-11-24(6-7-25(14)23-13)18(27)17-9-16(21-22-17)15-4-2-3-5-19-15/h2-5,8-9H,6-7,10-11H2,1H3,(H,20,26)(H,21,22). The lowest BCUT2D eigenvalue weighted by Gasteiger charge is -2.27. The van der Waals surface area contributed by atoms with E-state index in [9.17, 15) is 9.59 Å². The van der Waals surface area contributed by atoms with Gasteiger partial charge in [0, 0.05) is 19.7 Å². The Morgan fingerprint density at radius 1 is 1.22 bits per heavy atom. The number of pyridine rings is 1. The van der Waals surface area contributed by atoms with Gasteiger partial charge in [0.15, 0.2) is 0 Å². The maximum atomic E-state index is 12.8. The number of rotatable bonds is 4. The van der Waals surface area contributed by atoms with E-state index in [0.29, 0.717) is 43.3 Å². The molecule has 2 N–H and O–H groups in total. The minimum absolute atomic E-state index is 0.0965. The number of aromatic amines is 1. The van der Waals surface area contributed by atoms with Gasteiger partial charge in [0.05, 0.1) is 36.7 Å². The summed E-state index contributed by atoms with van der Waals surface area (Å²) in [7, 11) is 0. The number of carbonyl (C=O) groups excluding carboxylic acids is 2. The Morgan fingerprint density at radius 3 is 2.89 bits per heavy atom. The van der Waals surface area contributed by atoms with Crippen LogP contribution in [0.2, 0.25) is 0 Å². The highest BCUT2D eigenvalue weighted by Crippen LogP contribution is 2.19. The molecule has 4 heterocycles. The van der Waals surface area contributed by atoms with Crippen LogP contribution in [-0.4, -0.2) is 48.2 Å². The van der Waals surface area contributed by atoms with E-state index in [4.69, 9.17) is 0 Å². The van der Waals surface area contributed by atoms with E-state index in [1.165, 1.54) is 6.92 Å². The summed E-state index contributed by atoms with van der Waals surface area (Å²) >= 11 is 0. The van der Waals surface area contributed by atoms with Crippen molar-refractivity contribution >= 4 is 11.8 Å². The van der Waals surface area contributed by atoms with Gasteiger partial charge in [-0.05, 0) is 24.3 Å². The first-order valence-corrected chi connectivity index (χ1v) is 8.66.